The lowest BCUT2D eigenvalue weighted by atomic mass is 10.0. The van der Waals surface area contributed by atoms with Gasteiger partial charge in [0.2, 0.25) is 5.91 Å². The minimum Gasteiger partial charge on any atom is -0.469 e. The molecule has 1 aliphatic heterocycles. The van der Waals surface area contributed by atoms with E-state index in [1.807, 2.05) is 0 Å². The Morgan fingerprint density at radius 1 is 1.30 bits per heavy atom. The van der Waals surface area contributed by atoms with Crippen LogP contribution in [0.3, 0.4) is 0 Å². The quantitative estimate of drug-likeness (QED) is 0.831. The summed E-state index contributed by atoms with van der Waals surface area (Å²) in [5.41, 5.74) is 0.455. The Kier molecular flexibility index (Phi) is 4.57. The molecule has 9 heteroatoms. The average molecular weight is 330 g/mol. The molecule has 0 saturated carbocycles. The van der Waals surface area contributed by atoms with E-state index >= 15 is 0 Å². The number of carbonyl (C=O) groups is 3. The van der Waals surface area contributed by atoms with Gasteiger partial charge >= 0.3 is 12.1 Å². The van der Waals surface area contributed by atoms with Crippen molar-refractivity contribution in [3.05, 3.63) is 35.4 Å². The summed E-state index contributed by atoms with van der Waals surface area (Å²) in [5, 5.41) is 0.706. The van der Waals surface area contributed by atoms with Gasteiger partial charge < -0.3 is 4.74 Å². The zero-order valence-electron chi connectivity index (χ0n) is 12.0. The fourth-order valence-corrected chi connectivity index (χ4v) is 2.27. The molecule has 0 radical (unpaired) electrons. The molecular weight excluding hydrogens is 317 g/mol. The topological polar surface area (TPSA) is 75.7 Å². The summed E-state index contributed by atoms with van der Waals surface area (Å²) in [5.74, 6) is -3.32. The maximum Gasteiger partial charge on any atom is 0.417 e. The number of hydrazine groups is 1. The molecule has 1 atom stereocenters. The summed E-state index contributed by atoms with van der Waals surface area (Å²) >= 11 is 0. The van der Waals surface area contributed by atoms with E-state index in [1.165, 1.54) is 6.07 Å². The molecule has 124 valence electrons. The lowest BCUT2D eigenvalue weighted by Crippen LogP contribution is -2.55. The van der Waals surface area contributed by atoms with Crippen molar-refractivity contribution in [2.45, 2.75) is 12.6 Å². The Labute approximate surface area is 129 Å². The minimum atomic E-state index is -4.71. The number of amides is 2. The van der Waals surface area contributed by atoms with E-state index in [4.69, 9.17) is 0 Å². The highest BCUT2D eigenvalue weighted by molar-refractivity contribution is 5.98. The maximum atomic E-state index is 13.0. The van der Waals surface area contributed by atoms with Gasteiger partial charge in [-0.25, -0.2) is 5.01 Å². The number of hydrogen-bond donors (Lipinski definition) is 1. The van der Waals surface area contributed by atoms with Crippen molar-refractivity contribution in [1.29, 1.82) is 0 Å². The molecule has 23 heavy (non-hydrogen) atoms. The van der Waals surface area contributed by atoms with E-state index in [2.05, 4.69) is 10.2 Å². The van der Waals surface area contributed by atoms with Gasteiger partial charge in [-0.3, -0.25) is 19.8 Å². The van der Waals surface area contributed by atoms with Gasteiger partial charge in [0.15, 0.2) is 0 Å². The van der Waals surface area contributed by atoms with E-state index in [0.717, 1.165) is 25.3 Å². The van der Waals surface area contributed by atoms with Crippen LogP contribution < -0.4 is 5.43 Å². The second-order valence-electron chi connectivity index (χ2n) is 4.92. The first-order valence-corrected chi connectivity index (χ1v) is 6.59. The van der Waals surface area contributed by atoms with Gasteiger partial charge in [0.05, 0.1) is 30.7 Å². The molecule has 1 aliphatic rings. The van der Waals surface area contributed by atoms with E-state index in [-0.39, 0.29) is 13.0 Å². The first-order chi connectivity index (χ1) is 10.7. The Balaban J connectivity index is 2.30. The molecule has 1 heterocycles. The van der Waals surface area contributed by atoms with Crippen LogP contribution >= 0.6 is 0 Å². The van der Waals surface area contributed by atoms with Crippen LogP contribution in [0, 0.1) is 5.92 Å². The molecule has 0 spiro atoms. The first kappa shape index (κ1) is 16.8. The summed E-state index contributed by atoms with van der Waals surface area (Å²) in [6.07, 6.45) is -4.91. The zero-order chi connectivity index (χ0) is 17.2. The number of esters is 1. The number of methoxy groups -OCH3 is 1. The van der Waals surface area contributed by atoms with Crippen molar-refractivity contribution in [3.8, 4) is 0 Å². The summed E-state index contributed by atoms with van der Waals surface area (Å²) < 4.78 is 43.5. The highest BCUT2D eigenvalue weighted by atomic mass is 19.4. The molecule has 1 fully saturated rings. The second-order valence-corrected chi connectivity index (χ2v) is 4.92. The summed E-state index contributed by atoms with van der Waals surface area (Å²) in [4.78, 5) is 35.4. The number of alkyl halides is 3. The molecule has 1 aromatic rings. The van der Waals surface area contributed by atoms with Crippen LogP contribution in [0.25, 0.3) is 0 Å². The molecule has 1 saturated heterocycles. The minimum absolute atomic E-state index is 0.197. The maximum absolute atomic E-state index is 13.0. The number of halogens is 3. The Morgan fingerprint density at radius 2 is 1.96 bits per heavy atom. The van der Waals surface area contributed by atoms with Crippen LogP contribution in [-0.2, 0) is 20.5 Å². The molecule has 0 aliphatic carbocycles. The van der Waals surface area contributed by atoms with Crippen molar-refractivity contribution in [3.63, 3.8) is 0 Å². The fourth-order valence-electron chi connectivity index (χ4n) is 2.27. The Morgan fingerprint density at radius 3 is 2.57 bits per heavy atom. The van der Waals surface area contributed by atoms with Crippen LogP contribution in [0.15, 0.2) is 24.3 Å². The second kappa shape index (κ2) is 6.27. The zero-order valence-corrected chi connectivity index (χ0v) is 12.0. The normalized spacial score (nSPS) is 18.3. The number of benzene rings is 1. The number of nitrogens with one attached hydrogen (secondary N) is 1. The smallest absolute Gasteiger partial charge is 0.417 e. The number of ether oxygens (including phenoxy) is 1. The van der Waals surface area contributed by atoms with Crippen molar-refractivity contribution in [2.24, 2.45) is 5.92 Å². The number of rotatable bonds is 2. The first-order valence-electron chi connectivity index (χ1n) is 6.59. The molecule has 1 N–H and O–H groups in total. The van der Waals surface area contributed by atoms with Gasteiger partial charge in [0.1, 0.15) is 0 Å². The standard InChI is InChI=1S/C14H13F3N2O4/c1-23-13(22)8-6-11(20)18-19(7-8)12(21)9-4-2-3-5-10(9)14(15,16)17/h2-5,8H,6-7H2,1H3,(H,18,20). The van der Waals surface area contributed by atoms with E-state index in [1.54, 1.807) is 0 Å². The lowest BCUT2D eigenvalue weighted by molar-refractivity contribution is -0.151. The number of nitrogens with zero attached hydrogens (tertiary/aromatic N) is 1. The molecule has 1 unspecified atom stereocenters. The summed E-state index contributed by atoms with van der Waals surface area (Å²) in [7, 11) is 1.12. The number of carbonyl (C=O) groups excluding carboxylic acids is 3. The van der Waals surface area contributed by atoms with Gasteiger partial charge in [0, 0.05) is 6.42 Å². The highest BCUT2D eigenvalue weighted by Crippen LogP contribution is 2.32. The van der Waals surface area contributed by atoms with Gasteiger partial charge in [-0.15, -0.1) is 0 Å². The van der Waals surface area contributed by atoms with Crippen molar-refractivity contribution in [1.82, 2.24) is 10.4 Å². The molecule has 2 amide bonds. The average Bonchev–Trinajstić information content (AvgIpc) is 2.52. The van der Waals surface area contributed by atoms with Crippen LogP contribution in [0.4, 0.5) is 13.2 Å². The molecule has 2 rings (SSSR count). The van der Waals surface area contributed by atoms with Crippen LogP contribution in [0.1, 0.15) is 22.3 Å². The largest absolute Gasteiger partial charge is 0.469 e. The molecule has 6 nitrogen and oxygen atoms in total. The van der Waals surface area contributed by atoms with Crippen LogP contribution in [0.2, 0.25) is 0 Å². The molecule has 0 aromatic heterocycles. The van der Waals surface area contributed by atoms with Crippen molar-refractivity contribution < 1.29 is 32.3 Å². The third-order valence-electron chi connectivity index (χ3n) is 3.34. The molecular formula is C14H13F3N2O4. The van der Waals surface area contributed by atoms with Crippen LogP contribution in [-0.4, -0.2) is 36.4 Å². The van der Waals surface area contributed by atoms with E-state index in [9.17, 15) is 27.6 Å². The molecule has 1 aromatic carbocycles. The third kappa shape index (κ3) is 3.61. The monoisotopic (exact) mass is 330 g/mol. The van der Waals surface area contributed by atoms with Crippen LogP contribution in [0.5, 0.6) is 0 Å². The number of hydrogen-bond acceptors (Lipinski definition) is 4. The fraction of sp³-hybridized carbons (Fsp3) is 0.357. The van der Waals surface area contributed by atoms with E-state index in [0.29, 0.717) is 5.01 Å². The van der Waals surface area contributed by atoms with Gasteiger partial charge in [-0.2, -0.15) is 13.2 Å². The van der Waals surface area contributed by atoms with Crippen molar-refractivity contribution in [2.75, 3.05) is 13.7 Å². The summed E-state index contributed by atoms with van der Waals surface area (Å²) in [6.45, 7) is -0.260. The highest BCUT2D eigenvalue weighted by Gasteiger charge is 2.38. The summed E-state index contributed by atoms with van der Waals surface area (Å²) in [6, 6.07) is 4.23. The predicted octanol–water partition coefficient (Wildman–Crippen LogP) is 1.37. The van der Waals surface area contributed by atoms with Gasteiger partial charge in [-0.05, 0) is 12.1 Å². The van der Waals surface area contributed by atoms with E-state index < -0.39 is 41.0 Å². The molecule has 0 bridgehead atoms. The van der Waals surface area contributed by atoms with Crippen molar-refractivity contribution >= 4 is 17.8 Å². The Hall–Kier alpha value is -2.58. The van der Waals surface area contributed by atoms with Gasteiger partial charge in [0.25, 0.3) is 5.91 Å². The Bertz CT molecular complexity index is 645. The predicted molar refractivity (Wildman–Crippen MR) is 70.7 cm³/mol. The lowest BCUT2D eigenvalue weighted by Gasteiger charge is -2.31. The SMILES string of the molecule is COC(=O)C1CC(=O)NN(C(=O)c2ccccc2C(F)(F)F)C1. The van der Waals surface area contributed by atoms with Gasteiger partial charge in [-0.1, -0.05) is 12.1 Å². The third-order valence-corrected chi connectivity index (χ3v) is 3.34.